The highest BCUT2D eigenvalue weighted by atomic mass is 16.5. The summed E-state index contributed by atoms with van der Waals surface area (Å²) < 4.78 is 5.41. The van der Waals surface area contributed by atoms with Gasteiger partial charge in [0.2, 0.25) is 0 Å². The van der Waals surface area contributed by atoms with E-state index in [9.17, 15) is 14.4 Å². The quantitative estimate of drug-likeness (QED) is 0.417. The number of hydrogen-bond acceptors (Lipinski definition) is 5. The van der Waals surface area contributed by atoms with Crippen molar-refractivity contribution < 1.29 is 19.1 Å². The number of hydrogen-bond donors (Lipinski definition) is 4. The normalized spacial score (nSPS) is 9.79. The second-order valence-electron chi connectivity index (χ2n) is 6.77. The largest absolute Gasteiger partial charge is 0.484 e. The molecule has 0 spiro atoms. The Bertz CT molecular complexity index is 1140. The average Bonchev–Trinajstić information content (AvgIpc) is 2.86. The molecule has 0 unspecified atom stereocenters. The summed E-state index contributed by atoms with van der Waals surface area (Å²) in [4.78, 5) is 35.4. The topological polar surface area (TPSA) is 132 Å². The van der Waals surface area contributed by atoms with Crippen LogP contribution in [0.5, 0.6) is 5.75 Å². The Labute approximate surface area is 190 Å². The van der Waals surface area contributed by atoms with Gasteiger partial charge in [-0.25, -0.2) is 4.79 Å². The van der Waals surface area contributed by atoms with Gasteiger partial charge in [0.1, 0.15) is 12.3 Å². The zero-order chi connectivity index (χ0) is 23.5. The summed E-state index contributed by atoms with van der Waals surface area (Å²) in [5.41, 5.74) is 7.47. The molecule has 0 aliphatic heterocycles. The fraction of sp³-hybridized carbons (Fsp3) is 0.0833. The lowest BCUT2D eigenvalue weighted by atomic mass is 10.0. The van der Waals surface area contributed by atoms with Gasteiger partial charge in [0.15, 0.2) is 6.61 Å². The number of benzene rings is 3. The highest BCUT2D eigenvalue weighted by molar-refractivity contribution is 5.92. The van der Waals surface area contributed by atoms with Crippen molar-refractivity contribution in [3.05, 3.63) is 84.4 Å². The van der Waals surface area contributed by atoms with Gasteiger partial charge in [-0.15, -0.1) is 0 Å². The monoisotopic (exact) mass is 443 g/mol. The molecule has 0 saturated heterocycles. The molecule has 0 radical (unpaired) electrons. The number of anilines is 1. The second-order valence-corrected chi connectivity index (χ2v) is 6.77. The first kappa shape index (κ1) is 22.8. The first-order valence-corrected chi connectivity index (χ1v) is 9.94. The van der Waals surface area contributed by atoms with Crippen LogP contribution in [0.25, 0.3) is 11.1 Å². The van der Waals surface area contributed by atoms with Crippen LogP contribution in [0.4, 0.5) is 10.5 Å². The molecule has 0 fully saturated rings. The summed E-state index contributed by atoms with van der Waals surface area (Å²) in [7, 11) is 0. The number of nitrogens with zero attached hydrogens (tertiary/aromatic N) is 1. The third-order valence-electron chi connectivity index (χ3n) is 4.35. The van der Waals surface area contributed by atoms with Crippen LogP contribution in [-0.2, 0) is 9.59 Å². The van der Waals surface area contributed by atoms with Gasteiger partial charge in [-0.2, -0.15) is 5.26 Å². The fourth-order valence-electron chi connectivity index (χ4n) is 2.71. The van der Waals surface area contributed by atoms with Crippen molar-refractivity contribution >= 4 is 23.5 Å². The van der Waals surface area contributed by atoms with Crippen LogP contribution < -0.4 is 26.2 Å². The van der Waals surface area contributed by atoms with Crippen LogP contribution in [0.2, 0.25) is 0 Å². The summed E-state index contributed by atoms with van der Waals surface area (Å²) >= 11 is 0. The van der Waals surface area contributed by atoms with Gasteiger partial charge >= 0.3 is 6.03 Å². The van der Waals surface area contributed by atoms with Crippen LogP contribution in [-0.4, -0.2) is 31.0 Å². The lowest BCUT2D eigenvalue weighted by molar-refractivity contribution is -0.129. The number of amides is 4. The fourth-order valence-corrected chi connectivity index (χ4v) is 2.71. The minimum Gasteiger partial charge on any atom is -0.484 e. The molecule has 3 aromatic carbocycles. The van der Waals surface area contributed by atoms with Gasteiger partial charge in [0.25, 0.3) is 11.8 Å². The Balaban J connectivity index is 1.35. The standard InChI is InChI=1S/C24H21N5O4/c25-14-17-6-8-18(9-7-17)19-10-12-21(13-11-19)33-16-23(31)29-28-22(30)15-26-24(32)27-20-4-2-1-3-5-20/h1-13H,15-16H2,(H,28,30)(H,29,31)(H2,26,27,32). The van der Waals surface area contributed by atoms with E-state index in [1.54, 1.807) is 48.5 Å². The van der Waals surface area contributed by atoms with Crippen LogP contribution in [0.15, 0.2) is 78.9 Å². The zero-order valence-electron chi connectivity index (χ0n) is 17.5. The van der Waals surface area contributed by atoms with Crippen molar-refractivity contribution in [1.29, 1.82) is 5.26 Å². The predicted molar refractivity (Wildman–Crippen MR) is 122 cm³/mol. The van der Waals surface area contributed by atoms with Crippen LogP contribution >= 0.6 is 0 Å². The highest BCUT2D eigenvalue weighted by Gasteiger charge is 2.08. The van der Waals surface area contributed by atoms with E-state index in [1.807, 2.05) is 30.3 Å². The number of carbonyl (C=O) groups excluding carboxylic acids is 3. The Morgan fingerprint density at radius 2 is 1.39 bits per heavy atom. The van der Waals surface area contributed by atoms with Crippen molar-refractivity contribution in [2.75, 3.05) is 18.5 Å². The Morgan fingerprint density at radius 3 is 2.03 bits per heavy atom. The molecule has 0 saturated carbocycles. The lowest BCUT2D eigenvalue weighted by Crippen LogP contribution is -2.48. The minimum atomic E-state index is -0.599. The predicted octanol–water partition coefficient (Wildman–Crippen LogP) is 2.57. The highest BCUT2D eigenvalue weighted by Crippen LogP contribution is 2.22. The number of nitriles is 1. The molecule has 9 heteroatoms. The molecule has 0 bridgehead atoms. The molecule has 0 heterocycles. The minimum absolute atomic E-state index is 0.307. The summed E-state index contributed by atoms with van der Waals surface area (Å²) in [6.07, 6.45) is 0. The van der Waals surface area contributed by atoms with Gasteiger partial charge in [-0.1, -0.05) is 42.5 Å². The third kappa shape index (κ3) is 7.41. The molecule has 0 aromatic heterocycles. The maximum absolute atomic E-state index is 11.9. The van der Waals surface area contributed by atoms with Crippen LogP contribution in [0.3, 0.4) is 0 Å². The molecule has 166 valence electrons. The number of rotatable bonds is 7. The zero-order valence-corrected chi connectivity index (χ0v) is 17.5. The van der Waals surface area contributed by atoms with E-state index in [0.29, 0.717) is 17.0 Å². The first-order valence-electron chi connectivity index (χ1n) is 9.94. The van der Waals surface area contributed by atoms with E-state index in [-0.39, 0.29) is 13.2 Å². The van der Waals surface area contributed by atoms with Gasteiger partial charge < -0.3 is 15.4 Å². The SMILES string of the molecule is N#Cc1ccc(-c2ccc(OCC(=O)NNC(=O)CNC(=O)Nc3ccccc3)cc2)cc1. The van der Waals surface area contributed by atoms with Crippen molar-refractivity contribution in [3.63, 3.8) is 0 Å². The molecule has 3 rings (SSSR count). The Morgan fingerprint density at radius 1 is 0.788 bits per heavy atom. The van der Waals surface area contributed by atoms with E-state index >= 15 is 0 Å². The van der Waals surface area contributed by atoms with Crippen LogP contribution in [0.1, 0.15) is 5.56 Å². The third-order valence-corrected chi connectivity index (χ3v) is 4.35. The number of nitrogens with one attached hydrogen (secondary N) is 4. The van der Waals surface area contributed by atoms with Gasteiger partial charge in [0, 0.05) is 5.69 Å². The first-order chi connectivity index (χ1) is 16.0. The molecule has 0 aliphatic rings. The van der Waals surface area contributed by atoms with Crippen molar-refractivity contribution in [2.24, 2.45) is 0 Å². The van der Waals surface area contributed by atoms with E-state index in [1.165, 1.54) is 0 Å². The Kier molecular flexibility index (Phi) is 7.98. The smallest absolute Gasteiger partial charge is 0.319 e. The van der Waals surface area contributed by atoms with Gasteiger partial charge in [0.05, 0.1) is 11.6 Å². The molecule has 33 heavy (non-hydrogen) atoms. The number of hydrazine groups is 1. The number of ether oxygens (including phenoxy) is 1. The van der Waals surface area contributed by atoms with E-state index in [4.69, 9.17) is 10.00 Å². The van der Waals surface area contributed by atoms with Crippen molar-refractivity contribution in [2.45, 2.75) is 0 Å². The van der Waals surface area contributed by atoms with Crippen molar-refractivity contribution in [3.8, 4) is 22.9 Å². The number of para-hydroxylation sites is 1. The Hall–Kier alpha value is -4.84. The molecule has 4 amide bonds. The molecule has 0 atom stereocenters. The van der Waals surface area contributed by atoms with Gasteiger partial charge in [-0.05, 0) is 47.5 Å². The summed E-state index contributed by atoms with van der Waals surface area (Å²) in [5.74, 6) is -0.681. The summed E-state index contributed by atoms with van der Waals surface area (Å²) in [5, 5.41) is 13.8. The van der Waals surface area contributed by atoms with Crippen molar-refractivity contribution in [1.82, 2.24) is 16.2 Å². The summed E-state index contributed by atoms with van der Waals surface area (Å²) in [6.45, 7) is -0.630. The number of carbonyl (C=O) groups is 3. The number of urea groups is 1. The van der Waals surface area contributed by atoms with E-state index in [2.05, 4.69) is 27.6 Å². The maximum Gasteiger partial charge on any atom is 0.319 e. The van der Waals surface area contributed by atoms with E-state index in [0.717, 1.165) is 11.1 Å². The molecular formula is C24H21N5O4. The van der Waals surface area contributed by atoms with Gasteiger partial charge in [-0.3, -0.25) is 20.4 Å². The average molecular weight is 443 g/mol. The lowest BCUT2D eigenvalue weighted by Gasteiger charge is -2.10. The molecule has 9 nitrogen and oxygen atoms in total. The molecule has 3 aromatic rings. The second kappa shape index (κ2) is 11.5. The molecular weight excluding hydrogens is 422 g/mol. The van der Waals surface area contributed by atoms with Crippen LogP contribution in [0, 0.1) is 11.3 Å². The summed E-state index contributed by atoms with van der Waals surface area (Å²) in [6, 6.07) is 24.6. The molecule has 0 aliphatic carbocycles. The molecule has 4 N–H and O–H groups in total. The van der Waals surface area contributed by atoms with E-state index < -0.39 is 17.8 Å². The maximum atomic E-state index is 11.9.